The number of nitrogens with zero attached hydrogens (tertiary/aromatic N) is 3. The highest BCUT2D eigenvalue weighted by atomic mass is 19.1. The van der Waals surface area contributed by atoms with E-state index in [-0.39, 0.29) is 30.5 Å². The highest BCUT2D eigenvalue weighted by Gasteiger charge is 2.38. The van der Waals surface area contributed by atoms with Gasteiger partial charge in [0.2, 0.25) is 11.8 Å². The van der Waals surface area contributed by atoms with Crippen molar-refractivity contribution in [2.24, 2.45) is 5.92 Å². The third kappa shape index (κ3) is 3.56. The summed E-state index contributed by atoms with van der Waals surface area (Å²) in [6.07, 6.45) is 0.0501. The monoisotopic (exact) mass is 385 g/mol. The predicted molar refractivity (Wildman–Crippen MR) is 102 cm³/mol. The van der Waals surface area contributed by atoms with Gasteiger partial charge in [-0.15, -0.1) is 0 Å². The highest BCUT2D eigenvalue weighted by molar-refractivity contribution is 6.00. The van der Waals surface area contributed by atoms with Crippen LogP contribution in [-0.2, 0) is 9.59 Å². The zero-order valence-corrected chi connectivity index (χ0v) is 15.4. The first-order valence-corrected chi connectivity index (χ1v) is 9.37. The molecular weight excluding hydrogens is 364 g/mol. The van der Waals surface area contributed by atoms with Gasteiger partial charge in [-0.3, -0.25) is 9.59 Å². The molecule has 2 aromatic rings. The highest BCUT2D eigenvalue weighted by Crippen LogP contribution is 2.29. The Kier molecular flexibility index (Phi) is 4.98. The predicted octanol–water partition coefficient (Wildman–Crippen LogP) is 2.67. The fraction of sp³-hybridized carbons (Fsp3) is 0.333. The summed E-state index contributed by atoms with van der Waals surface area (Å²) in [7, 11) is 0. The zero-order valence-electron chi connectivity index (χ0n) is 15.4. The molecule has 0 N–H and O–H groups in total. The van der Waals surface area contributed by atoms with Crippen molar-refractivity contribution < 1.29 is 18.4 Å². The van der Waals surface area contributed by atoms with Gasteiger partial charge in [-0.2, -0.15) is 0 Å². The van der Waals surface area contributed by atoms with Gasteiger partial charge in [-0.1, -0.05) is 18.2 Å². The maximum atomic E-state index is 14.0. The molecule has 2 aromatic carbocycles. The van der Waals surface area contributed by atoms with Crippen molar-refractivity contribution >= 4 is 23.2 Å². The van der Waals surface area contributed by atoms with E-state index in [1.165, 1.54) is 11.0 Å². The Morgan fingerprint density at radius 1 is 0.964 bits per heavy atom. The molecule has 146 valence electrons. The molecule has 0 saturated carbocycles. The first-order chi connectivity index (χ1) is 13.5. The fourth-order valence-corrected chi connectivity index (χ4v) is 3.89. The van der Waals surface area contributed by atoms with Gasteiger partial charge in [0.15, 0.2) is 0 Å². The third-order valence-electron chi connectivity index (χ3n) is 5.39. The molecule has 2 aliphatic rings. The number of halogens is 2. The van der Waals surface area contributed by atoms with Crippen molar-refractivity contribution in [2.75, 3.05) is 42.5 Å². The summed E-state index contributed by atoms with van der Waals surface area (Å²) in [5.74, 6) is -2.38. The number of rotatable bonds is 3. The molecule has 1 atom stereocenters. The van der Waals surface area contributed by atoms with E-state index < -0.39 is 17.6 Å². The van der Waals surface area contributed by atoms with E-state index in [2.05, 4.69) is 4.90 Å². The van der Waals surface area contributed by atoms with Gasteiger partial charge in [-0.25, -0.2) is 8.78 Å². The number of piperazine rings is 1. The maximum absolute atomic E-state index is 14.0. The van der Waals surface area contributed by atoms with Gasteiger partial charge >= 0.3 is 0 Å². The Morgan fingerprint density at radius 3 is 2.36 bits per heavy atom. The van der Waals surface area contributed by atoms with E-state index >= 15 is 0 Å². The minimum Gasteiger partial charge on any atom is -0.368 e. The number of hydrogen-bond acceptors (Lipinski definition) is 3. The molecule has 5 nitrogen and oxygen atoms in total. The van der Waals surface area contributed by atoms with Crippen molar-refractivity contribution in [1.82, 2.24) is 4.90 Å². The largest absolute Gasteiger partial charge is 0.368 e. The summed E-state index contributed by atoms with van der Waals surface area (Å²) in [6, 6.07) is 13.1. The molecule has 0 aliphatic carbocycles. The SMILES string of the molecule is O=C(C1CC(=O)N(c2ccc(F)cc2F)C1)N1CCN(c2ccccc2)CC1. The lowest BCUT2D eigenvalue weighted by molar-refractivity contribution is -0.136. The van der Waals surface area contributed by atoms with E-state index in [4.69, 9.17) is 0 Å². The zero-order chi connectivity index (χ0) is 19.7. The third-order valence-corrected chi connectivity index (χ3v) is 5.39. The molecule has 0 spiro atoms. The molecule has 2 amide bonds. The molecule has 0 radical (unpaired) electrons. The average Bonchev–Trinajstić information content (AvgIpc) is 3.10. The normalized spacial score (nSPS) is 20.0. The lowest BCUT2D eigenvalue weighted by atomic mass is 10.1. The Hall–Kier alpha value is -2.96. The van der Waals surface area contributed by atoms with Crippen LogP contribution in [0.2, 0.25) is 0 Å². The summed E-state index contributed by atoms with van der Waals surface area (Å²) in [6.45, 7) is 2.76. The molecule has 2 saturated heterocycles. The smallest absolute Gasteiger partial charge is 0.228 e. The van der Waals surface area contributed by atoms with Crippen LogP contribution in [-0.4, -0.2) is 49.4 Å². The standard InChI is InChI=1S/C21H21F2N3O2/c22-16-6-7-19(18(23)13-16)26-14-15(12-20(26)27)21(28)25-10-8-24(9-11-25)17-4-2-1-3-5-17/h1-7,13,15H,8-12,14H2. The van der Waals surface area contributed by atoms with Gasteiger partial charge < -0.3 is 14.7 Å². The summed E-state index contributed by atoms with van der Waals surface area (Å²) in [5.41, 5.74) is 1.15. The number of hydrogen-bond donors (Lipinski definition) is 0. The van der Waals surface area contributed by atoms with Crippen LogP contribution < -0.4 is 9.80 Å². The first kappa shape index (κ1) is 18.4. The Labute approximate surface area is 162 Å². The van der Waals surface area contributed by atoms with Crippen LogP contribution in [0.4, 0.5) is 20.2 Å². The van der Waals surface area contributed by atoms with Crippen molar-refractivity contribution in [3.8, 4) is 0 Å². The van der Waals surface area contributed by atoms with Gasteiger partial charge in [0.25, 0.3) is 0 Å². The van der Waals surface area contributed by atoms with Crippen molar-refractivity contribution in [3.05, 3.63) is 60.2 Å². The van der Waals surface area contributed by atoms with Crippen molar-refractivity contribution in [3.63, 3.8) is 0 Å². The summed E-state index contributed by atoms with van der Waals surface area (Å²) in [4.78, 5) is 30.5. The molecule has 7 heteroatoms. The second kappa shape index (κ2) is 7.58. The van der Waals surface area contributed by atoms with Crippen LogP contribution >= 0.6 is 0 Å². The van der Waals surface area contributed by atoms with Crippen molar-refractivity contribution in [1.29, 1.82) is 0 Å². The van der Waals surface area contributed by atoms with Crippen LogP contribution in [0.5, 0.6) is 0 Å². The fourth-order valence-electron chi connectivity index (χ4n) is 3.89. The number of amides is 2. The van der Waals surface area contributed by atoms with Crippen LogP contribution in [0.15, 0.2) is 48.5 Å². The minimum absolute atomic E-state index is 0.0237. The summed E-state index contributed by atoms with van der Waals surface area (Å²) < 4.78 is 27.2. The summed E-state index contributed by atoms with van der Waals surface area (Å²) >= 11 is 0. The van der Waals surface area contributed by atoms with Gasteiger partial charge in [0, 0.05) is 50.9 Å². The Morgan fingerprint density at radius 2 is 1.68 bits per heavy atom. The van der Waals surface area contributed by atoms with Crippen LogP contribution in [0, 0.1) is 17.6 Å². The Bertz CT molecular complexity index is 882. The van der Waals surface area contributed by atoms with Gasteiger partial charge in [0.05, 0.1) is 11.6 Å². The lowest BCUT2D eigenvalue weighted by Crippen LogP contribution is -2.50. The second-order valence-electron chi connectivity index (χ2n) is 7.15. The molecule has 0 aromatic heterocycles. The second-order valence-corrected chi connectivity index (χ2v) is 7.15. The van der Waals surface area contributed by atoms with E-state index in [0.717, 1.165) is 30.9 Å². The van der Waals surface area contributed by atoms with E-state index in [1.807, 2.05) is 30.3 Å². The van der Waals surface area contributed by atoms with Crippen LogP contribution in [0.3, 0.4) is 0 Å². The average molecular weight is 385 g/mol. The molecule has 4 rings (SSSR count). The molecule has 2 aliphatic heterocycles. The van der Waals surface area contributed by atoms with E-state index in [1.54, 1.807) is 4.90 Å². The van der Waals surface area contributed by atoms with E-state index in [0.29, 0.717) is 13.1 Å². The van der Waals surface area contributed by atoms with Crippen molar-refractivity contribution in [2.45, 2.75) is 6.42 Å². The number of para-hydroxylation sites is 1. The first-order valence-electron chi connectivity index (χ1n) is 9.37. The van der Waals surface area contributed by atoms with E-state index in [9.17, 15) is 18.4 Å². The van der Waals surface area contributed by atoms with Crippen LogP contribution in [0.1, 0.15) is 6.42 Å². The van der Waals surface area contributed by atoms with Gasteiger partial charge in [0.1, 0.15) is 11.6 Å². The maximum Gasteiger partial charge on any atom is 0.228 e. The Balaban J connectivity index is 1.39. The van der Waals surface area contributed by atoms with Crippen LogP contribution in [0.25, 0.3) is 0 Å². The molecule has 2 heterocycles. The molecule has 1 unspecified atom stereocenters. The minimum atomic E-state index is -0.794. The summed E-state index contributed by atoms with van der Waals surface area (Å²) in [5, 5.41) is 0. The molecule has 0 bridgehead atoms. The quantitative estimate of drug-likeness (QED) is 0.816. The number of anilines is 2. The number of carbonyl (C=O) groups is 2. The topological polar surface area (TPSA) is 43.9 Å². The van der Waals surface area contributed by atoms with Gasteiger partial charge in [-0.05, 0) is 24.3 Å². The number of benzene rings is 2. The number of carbonyl (C=O) groups excluding carboxylic acids is 2. The lowest BCUT2D eigenvalue weighted by Gasteiger charge is -2.37. The molecular formula is C21H21F2N3O2. The molecule has 28 heavy (non-hydrogen) atoms. The molecule has 2 fully saturated rings.